The van der Waals surface area contributed by atoms with Gasteiger partial charge in [-0.3, -0.25) is 0 Å². The molecule has 3 nitrogen and oxygen atoms in total. The van der Waals surface area contributed by atoms with Crippen LogP contribution < -0.4 is 15.2 Å². The van der Waals surface area contributed by atoms with Crippen LogP contribution in [0.5, 0.6) is 11.5 Å². The molecule has 0 fully saturated rings. The van der Waals surface area contributed by atoms with Crippen LogP contribution >= 0.6 is 11.6 Å². The molecule has 0 saturated heterocycles. The predicted molar refractivity (Wildman–Crippen MR) is 55.2 cm³/mol. The second kappa shape index (κ2) is 4.24. The minimum absolute atomic E-state index is 0.0179. The van der Waals surface area contributed by atoms with Gasteiger partial charge in [0.1, 0.15) is 24.1 Å². The zero-order chi connectivity index (χ0) is 10.8. The highest BCUT2D eigenvalue weighted by molar-refractivity contribution is 6.32. The minimum Gasteiger partial charge on any atom is -0.486 e. The quantitative estimate of drug-likeness (QED) is 0.844. The van der Waals surface area contributed by atoms with Crippen LogP contribution in [0.3, 0.4) is 0 Å². The van der Waals surface area contributed by atoms with E-state index in [1.807, 2.05) is 0 Å². The standard InChI is InChI=1S/C10H11ClFNO2/c11-8-9(12)6(1-2-13)5-7-10(8)15-4-3-14-7/h5H,1-4,13H2. The molecule has 0 amide bonds. The van der Waals surface area contributed by atoms with Crippen LogP contribution in [0.4, 0.5) is 4.39 Å². The molecule has 1 heterocycles. The van der Waals surface area contributed by atoms with Gasteiger partial charge in [-0.1, -0.05) is 11.6 Å². The summed E-state index contributed by atoms with van der Waals surface area (Å²) in [4.78, 5) is 0. The van der Waals surface area contributed by atoms with Gasteiger partial charge in [0.15, 0.2) is 11.5 Å². The molecule has 1 aromatic carbocycles. The van der Waals surface area contributed by atoms with E-state index >= 15 is 0 Å². The molecule has 15 heavy (non-hydrogen) atoms. The van der Waals surface area contributed by atoms with E-state index in [1.54, 1.807) is 6.07 Å². The molecule has 82 valence electrons. The molecule has 0 aromatic heterocycles. The lowest BCUT2D eigenvalue weighted by Gasteiger charge is -2.20. The van der Waals surface area contributed by atoms with Crippen LogP contribution in [-0.4, -0.2) is 19.8 Å². The molecule has 1 aliphatic rings. The van der Waals surface area contributed by atoms with Gasteiger partial charge in [-0.15, -0.1) is 0 Å². The summed E-state index contributed by atoms with van der Waals surface area (Å²) in [6.45, 7) is 1.21. The van der Waals surface area contributed by atoms with E-state index in [1.165, 1.54) is 0 Å². The Hall–Kier alpha value is -1.00. The topological polar surface area (TPSA) is 44.5 Å². The summed E-state index contributed by atoms with van der Waals surface area (Å²) in [6.07, 6.45) is 0.433. The lowest BCUT2D eigenvalue weighted by atomic mass is 10.1. The molecule has 1 aliphatic heterocycles. The van der Waals surface area contributed by atoms with Gasteiger partial charge in [0, 0.05) is 0 Å². The monoisotopic (exact) mass is 231 g/mol. The Labute approximate surface area is 91.9 Å². The van der Waals surface area contributed by atoms with E-state index in [0.717, 1.165) is 0 Å². The maximum atomic E-state index is 13.7. The van der Waals surface area contributed by atoms with Crippen molar-refractivity contribution in [1.29, 1.82) is 0 Å². The number of hydrogen-bond acceptors (Lipinski definition) is 3. The fourth-order valence-electron chi connectivity index (χ4n) is 1.51. The summed E-state index contributed by atoms with van der Waals surface area (Å²) >= 11 is 5.83. The number of halogens is 2. The first-order valence-corrected chi connectivity index (χ1v) is 5.08. The molecule has 1 aromatic rings. The molecule has 0 aliphatic carbocycles. The lowest BCUT2D eigenvalue weighted by Crippen LogP contribution is -2.17. The van der Waals surface area contributed by atoms with Crippen molar-refractivity contribution in [3.05, 3.63) is 22.5 Å². The van der Waals surface area contributed by atoms with Crippen molar-refractivity contribution in [3.63, 3.8) is 0 Å². The van der Waals surface area contributed by atoms with Crippen molar-refractivity contribution in [3.8, 4) is 11.5 Å². The summed E-state index contributed by atoms with van der Waals surface area (Å²) in [7, 11) is 0. The number of rotatable bonds is 2. The fraction of sp³-hybridized carbons (Fsp3) is 0.400. The molecule has 5 heteroatoms. The van der Waals surface area contributed by atoms with Gasteiger partial charge < -0.3 is 15.2 Å². The molecule has 0 spiro atoms. The zero-order valence-corrected chi connectivity index (χ0v) is 8.81. The Morgan fingerprint density at radius 1 is 1.40 bits per heavy atom. The molecule has 0 bridgehead atoms. The van der Waals surface area contributed by atoms with E-state index in [2.05, 4.69) is 0 Å². The number of fused-ring (bicyclic) bond motifs is 1. The first kappa shape index (κ1) is 10.5. The molecule has 0 atom stereocenters. The second-order valence-corrected chi connectivity index (χ2v) is 3.60. The number of nitrogens with two attached hydrogens (primary N) is 1. The van der Waals surface area contributed by atoms with Crippen molar-refractivity contribution in [1.82, 2.24) is 0 Å². The highest BCUT2D eigenvalue weighted by Gasteiger charge is 2.21. The molecule has 2 N–H and O–H groups in total. The summed E-state index contributed by atoms with van der Waals surface area (Å²) in [6, 6.07) is 1.60. The van der Waals surface area contributed by atoms with Crippen molar-refractivity contribution < 1.29 is 13.9 Å². The summed E-state index contributed by atoms with van der Waals surface area (Å²) in [5, 5.41) is -0.0179. The maximum Gasteiger partial charge on any atom is 0.182 e. The van der Waals surface area contributed by atoms with Crippen molar-refractivity contribution in [2.45, 2.75) is 6.42 Å². The minimum atomic E-state index is -0.466. The fourth-order valence-corrected chi connectivity index (χ4v) is 1.78. The van der Waals surface area contributed by atoms with E-state index in [4.69, 9.17) is 26.8 Å². The Bertz CT molecular complexity index is 384. The zero-order valence-electron chi connectivity index (χ0n) is 8.06. The van der Waals surface area contributed by atoms with Crippen LogP contribution in [0, 0.1) is 5.82 Å². The Balaban J connectivity index is 2.47. The van der Waals surface area contributed by atoms with Crippen molar-refractivity contribution >= 4 is 11.6 Å². The van der Waals surface area contributed by atoms with Crippen LogP contribution in [0.25, 0.3) is 0 Å². The normalized spacial score (nSPS) is 14.1. The van der Waals surface area contributed by atoms with Crippen LogP contribution in [0.1, 0.15) is 5.56 Å². The Morgan fingerprint density at radius 2 is 2.13 bits per heavy atom. The van der Waals surface area contributed by atoms with Gasteiger partial charge in [-0.25, -0.2) is 4.39 Å². The van der Waals surface area contributed by atoms with Crippen molar-refractivity contribution in [2.75, 3.05) is 19.8 Å². The third kappa shape index (κ3) is 1.87. The Kier molecular flexibility index (Phi) is 2.98. The van der Waals surface area contributed by atoms with Gasteiger partial charge in [0.05, 0.1) is 0 Å². The van der Waals surface area contributed by atoms with E-state index < -0.39 is 5.82 Å². The Morgan fingerprint density at radius 3 is 2.87 bits per heavy atom. The summed E-state index contributed by atoms with van der Waals surface area (Å²) in [5.74, 6) is 0.323. The predicted octanol–water partition coefficient (Wildman–Crippen LogP) is 1.75. The van der Waals surface area contributed by atoms with E-state index in [-0.39, 0.29) is 5.02 Å². The number of ether oxygens (including phenoxy) is 2. The number of hydrogen-bond donors (Lipinski definition) is 1. The second-order valence-electron chi connectivity index (χ2n) is 3.23. The average molecular weight is 232 g/mol. The van der Waals surface area contributed by atoms with Gasteiger partial charge in [-0.05, 0) is 24.6 Å². The van der Waals surface area contributed by atoms with Gasteiger partial charge in [-0.2, -0.15) is 0 Å². The highest BCUT2D eigenvalue weighted by Crippen LogP contribution is 2.40. The molecule has 0 saturated carbocycles. The maximum absolute atomic E-state index is 13.7. The van der Waals surface area contributed by atoms with E-state index in [0.29, 0.717) is 43.2 Å². The molecular weight excluding hydrogens is 221 g/mol. The van der Waals surface area contributed by atoms with Gasteiger partial charge in [0.2, 0.25) is 0 Å². The SMILES string of the molecule is NCCc1cc2c(c(Cl)c1F)OCCO2. The molecular formula is C10H11ClFNO2. The first-order chi connectivity index (χ1) is 7.24. The van der Waals surface area contributed by atoms with Crippen molar-refractivity contribution in [2.24, 2.45) is 5.73 Å². The smallest absolute Gasteiger partial charge is 0.182 e. The molecule has 0 unspecified atom stereocenters. The summed E-state index contributed by atoms with van der Waals surface area (Å²) in [5.41, 5.74) is 5.84. The largest absolute Gasteiger partial charge is 0.486 e. The van der Waals surface area contributed by atoms with Crippen LogP contribution in [0.15, 0.2) is 6.07 Å². The first-order valence-electron chi connectivity index (χ1n) is 4.70. The molecule has 0 radical (unpaired) electrons. The van der Waals surface area contributed by atoms with Gasteiger partial charge >= 0.3 is 0 Å². The lowest BCUT2D eigenvalue weighted by molar-refractivity contribution is 0.170. The number of benzene rings is 1. The highest BCUT2D eigenvalue weighted by atomic mass is 35.5. The third-order valence-corrected chi connectivity index (χ3v) is 2.54. The van der Waals surface area contributed by atoms with Crippen LogP contribution in [0.2, 0.25) is 5.02 Å². The average Bonchev–Trinajstić information content (AvgIpc) is 2.26. The summed E-state index contributed by atoms with van der Waals surface area (Å²) < 4.78 is 24.2. The van der Waals surface area contributed by atoms with Gasteiger partial charge in [0.25, 0.3) is 0 Å². The van der Waals surface area contributed by atoms with Crippen LogP contribution in [-0.2, 0) is 6.42 Å². The molecule has 2 rings (SSSR count). The third-order valence-electron chi connectivity index (χ3n) is 2.20. The van der Waals surface area contributed by atoms with E-state index in [9.17, 15) is 4.39 Å².